The third kappa shape index (κ3) is 3.80. The predicted molar refractivity (Wildman–Crippen MR) is 141 cm³/mol. The van der Waals surface area contributed by atoms with E-state index < -0.39 is 82.2 Å². The number of aliphatic hydroxyl groups is 2. The van der Waals surface area contributed by atoms with Crippen molar-refractivity contribution in [3.63, 3.8) is 0 Å². The second-order valence-corrected chi connectivity index (χ2v) is 12.6. The third-order valence-electron chi connectivity index (χ3n) is 10.2. The summed E-state index contributed by atoms with van der Waals surface area (Å²) in [7, 11) is 1.08. The van der Waals surface area contributed by atoms with E-state index >= 15 is 0 Å². The van der Waals surface area contributed by atoms with Gasteiger partial charge in [0.15, 0.2) is 5.78 Å². The Labute approximate surface area is 242 Å². The Balaban J connectivity index is 1.65. The largest absolute Gasteiger partial charge is 0.467 e. The molecule has 2 heterocycles. The number of carbonyl (C=O) groups is 5. The van der Waals surface area contributed by atoms with Crippen LogP contribution in [0.2, 0.25) is 0 Å². The van der Waals surface area contributed by atoms with Crippen LogP contribution in [0.5, 0.6) is 0 Å². The summed E-state index contributed by atoms with van der Waals surface area (Å²) < 4.78 is 28.0. The molecule has 9 atom stereocenters. The van der Waals surface area contributed by atoms with E-state index in [2.05, 4.69) is 0 Å². The van der Waals surface area contributed by atoms with Gasteiger partial charge in [-0.3, -0.25) is 9.59 Å². The highest BCUT2D eigenvalue weighted by Crippen LogP contribution is 2.71. The van der Waals surface area contributed by atoms with Crippen LogP contribution in [0.25, 0.3) is 0 Å². The molecule has 5 aliphatic rings. The van der Waals surface area contributed by atoms with Crippen molar-refractivity contribution >= 4 is 29.7 Å². The fourth-order valence-electron chi connectivity index (χ4n) is 8.14. The van der Waals surface area contributed by atoms with Crippen molar-refractivity contribution in [2.45, 2.75) is 83.6 Å². The van der Waals surface area contributed by atoms with E-state index in [0.717, 1.165) is 13.2 Å². The lowest BCUT2D eigenvalue weighted by Crippen LogP contribution is -2.78. The van der Waals surface area contributed by atoms with E-state index in [1.54, 1.807) is 33.8 Å². The number of allylic oxidation sites excluding steroid dienone is 3. The average Bonchev–Trinajstić information content (AvgIpc) is 3.21. The molecule has 2 N–H and O–H groups in total. The van der Waals surface area contributed by atoms with Crippen LogP contribution in [0, 0.1) is 22.7 Å². The molecule has 0 amide bonds. The minimum absolute atomic E-state index is 0.108. The van der Waals surface area contributed by atoms with E-state index in [0.29, 0.717) is 16.7 Å². The molecular formula is C30H36O12. The summed E-state index contributed by atoms with van der Waals surface area (Å²) in [6, 6.07) is 0. The molecule has 0 aromatic carbocycles. The quantitative estimate of drug-likeness (QED) is 0.264. The molecule has 0 radical (unpaired) electrons. The van der Waals surface area contributed by atoms with Crippen LogP contribution in [0.3, 0.4) is 0 Å². The van der Waals surface area contributed by atoms with Gasteiger partial charge in [0, 0.05) is 36.2 Å². The van der Waals surface area contributed by atoms with Crippen LogP contribution in [0.1, 0.15) is 48.0 Å². The Morgan fingerprint density at radius 3 is 2.43 bits per heavy atom. The SMILES string of the molecule is COC(=O)[C@@]12OC[C@@]34[C@@H](CC5=C(C)C(=O)C=C[C@]5(C)[C@H]3[C@@H](O)[C@@H]1O)OC(=O)[C@H](OC(=O)/C=C(\C)C(C)(C)OC(C)=O)[C@@H]24. The Morgan fingerprint density at radius 2 is 1.81 bits per heavy atom. The molecule has 0 unspecified atom stereocenters. The lowest BCUT2D eigenvalue weighted by atomic mass is 9.40. The molecule has 228 valence electrons. The molecular weight excluding hydrogens is 552 g/mol. The molecule has 2 saturated heterocycles. The molecule has 3 aliphatic carbocycles. The normalized spacial score (nSPS) is 40.5. The molecule has 2 saturated carbocycles. The van der Waals surface area contributed by atoms with Gasteiger partial charge in [-0.05, 0) is 50.5 Å². The van der Waals surface area contributed by atoms with Crippen molar-refractivity contribution in [2.24, 2.45) is 22.7 Å². The van der Waals surface area contributed by atoms with E-state index in [1.807, 2.05) is 6.92 Å². The molecule has 2 aliphatic heterocycles. The highest BCUT2D eigenvalue weighted by atomic mass is 16.6. The molecule has 0 aromatic rings. The van der Waals surface area contributed by atoms with Gasteiger partial charge in [-0.2, -0.15) is 0 Å². The highest BCUT2D eigenvalue weighted by molar-refractivity contribution is 6.05. The van der Waals surface area contributed by atoms with Crippen LogP contribution < -0.4 is 0 Å². The molecule has 5 rings (SSSR count). The molecule has 4 fully saturated rings. The first-order chi connectivity index (χ1) is 19.5. The third-order valence-corrected chi connectivity index (χ3v) is 10.2. The first-order valence-corrected chi connectivity index (χ1v) is 13.8. The number of aliphatic hydroxyl groups excluding tert-OH is 2. The number of carbonyl (C=O) groups excluding carboxylic acids is 5. The molecule has 0 aromatic heterocycles. The minimum atomic E-state index is -2.26. The van der Waals surface area contributed by atoms with Crippen LogP contribution >= 0.6 is 0 Å². The fraction of sp³-hybridized carbons (Fsp3) is 0.633. The smallest absolute Gasteiger partial charge is 0.348 e. The van der Waals surface area contributed by atoms with Crippen molar-refractivity contribution in [1.82, 2.24) is 0 Å². The Hall–Kier alpha value is -3.35. The Bertz CT molecular complexity index is 1370. The number of methoxy groups -OCH3 is 1. The maximum Gasteiger partial charge on any atom is 0.348 e. The van der Waals surface area contributed by atoms with Gasteiger partial charge in [0.1, 0.15) is 17.8 Å². The average molecular weight is 589 g/mol. The number of ether oxygens (including phenoxy) is 5. The van der Waals surface area contributed by atoms with E-state index in [-0.39, 0.29) is 18.8 Å². The summed E-state index contributed by atoms with van der Waals surface area (Å²) in [6.45, 7) is 9.18. The van der Waals surface area contributed by atoms with Crippen LogP contribution in [-0.4, -0.2) is 89.2 Å². The number of rotatable bonds is 5. The van der Waals surface area contributed by atoms with Crippen LogP contribution in [0.4, 0.5) is 0 Å². The van der Waals surface area contributed by atoms with E-state index in [4.69, 9.17) is 23.7 Å². The maximum absolute atomic E-state index is 13.6. The fourth-order valence-corrected chi connectivity index (χ4v) is 8.14. The second kappa shape index (κ2) is 9.58. The van der Waals surface area contributed by atoms with Crippen LogP contribution in [0.15, 0.2) is 34.9 Å². The van der Waals surface area contributed by atoms with Crippen molar-refractivity contribution < 1.29 is 57.9 Å². The minimum Gasteiger partial charge on any atom is -0.467 e. The zero-order valence-corrected chi connectivity index (χ0v) is 24.6. The van der Waals surface area contributed by atoms with E-state index in [9.17, 15) is 34.2 Å². The topological polar surface area (TPSA) is 172 Å². The maximum atomic E-state index is 13.6. The molecule has 42 heavy (non-hydrogen) atoms. The first-order valence-electron chi connectivity index (χ1n) is 13.8. The lowest BCUT2D eigenvalue weighted by molar-refractivity contribution is -0.272. The van der Waals surface area contributed by atoms with Crippen LogP contribution in [-0.2, 0) is 47.7 Å². The van der Waals surface area contributed by atoms with Crippen molar-refractivity contribution in [1.29, 1.82) is 0 Å². The van der Waals surface area contributed by atoms with E-state index in [1.165, 1.54) is 13.0 Å². The zero-order valence-electron chi connectivity index (χ0n) is 24.6. The van der Waals surface area contributed by atoms with Gasteiger partial charge in [-0.15, -0.1) is 0 Å². The summed E-state index contributed by atoms with van der Waals surface area (Å²) in [5, 5.41) is 23.3. The molecule has 1 spiro atoms. The summed E-state index contributed by atoms with van der Waals surface area (Å²) in [6.07, 6.45) is -1.90. The standard InChI is InChI=1S/C30H36O12/c1-13(27(4,5)42-15(3)31)10-19(33)41-21-23-29-12-39-30(23,26(37)38-7)24(35)20(34)22(29)28(6)9-8-17(32)14(2)16(28)11-18(29)40-25(21)36/h8-10,18,20-24,34-35H,11-12H2,1-7H3/b13-10+/t18-,20-,21-,22-,23-,24+,28+,29-,30+/m1/s1. The number of esters is 4. The predicted octanol–water partition coefficient (Wildman–Crippen LogP) is 0.873. The molecule has 12 nitrogen and oxygen atoms in total. The summed E-state index contributed by atoms with van der Waals surface area (Å²) in [4.78, 5) is 64.5. The van der Waals surface area contributed by atoms with Gasteiger partial charge < -0.3 is 33.9 Å². The highest BCUT2D eigenvalue weighted by Gasteiger charge is 2.84. The van der Waals surface area contributed by atoms with Crippen molar-refractivity contribution in [3.05, 3.63) is 34.9 Å². The first kappa shape index (κ1) is 30.1. The lowest BCUT2D eigenvalue weighted by Gasteiger charge is -2.65. The second-order valence-electron chi connectivity index (χ2n) is 12.6. The summed E-state index contributed by atoms with van der Waals surface area (Å²) >= 11 is 0. The molecule has 2 bridgehead atoms. The van der Waals surface area contributed by atoms with Gasteiger partial charge >= 0.3 is 23.9 Å². The summed E-state index contributed by atoms with van der Waals surface area (Å²) in [5.74, 6) is -6.00. The number of ketones is 1. The molecule has 12 heteroatoms. The van der Waals surface area contributed by atoms with Gasteiger partial charge in [-0.1, -0.05) is 13.0 Å². The van der Waals surface area contributed by atoms with Crippen molar-refractivity contribution in [2.75, 3.05) is 13.7 Å². The summed E-state index contributed by atoms with van der Waals surface area (Å²) in [5.41, 5.74) is -4.34. The van der Waals surface area contributed by atoms with Crippen molar-refractivity contribution in [3.8, 4) is 0 Å². The van der Waals surface area contributed by atoms with Gasteiger partial charge in [0.2, 0.25) is 11.7 Å². The van der Waals surface area contributed by atoms with Gasteiger partial charge in [-0.25, -0.2) is 14.4 Å². The number of hydrogen-bond donors (Lipinski definition) is 2. The Kier molecular flexibility index (Phi) is 6.87. The number of hydrogen-bond acceptors (Lipinski definition) is 12. The number of fused-ring (bicyclic) bond motifs is 2. The Morgan fingerprint density at radius 1 is 1.14 bits per heavy atom. The van der Waals surface area contributed by atoms with Gasteiger partial charge in [0.05, 0.1) is 25.7 Å². The van der Waals surface area contributed by atoms with Gasteiger partial charge in [0.25, 0.3) is 0 Å². The monoisotopic (exact) mass is 588 g/mol. The zero-order chi connectivity index (χ0) is 31.2.